The van der Waals surface area contributed by atoms with Crippen molar-refractivity contribution in [3.63, 3.8) is 0 Å². The van der Waals surface area contributed by atoms with E-state index in [0.717, 1.165) is 4.73 Å². The molecule has 0 aliphatic heterocycles. The molecule has 25 heavy (non-hydrogen) atoms. The lowest BCUT2D eigenvalue weighted by Crippen LogP contribution is -2.37. The molecule has 0 amide bonds. The van der Waals surface area contributed by atoms with Gasteiger partial charge in [0.25, 0.3) is 0 Å². The minimum Gasteiger partial charge on any atom is -0.427 e. The first-order valence-electron chi connectivity index (χ1n) is 7.38. The van der Waals surface area contributed by atoms with Gasteiger partial charge in [-0.2, -0.15) is 0 Å². The van der Waals surface area contributed by atoms with Gasteiger partial charge in [-0.25, -0.2) is 4.79 Å². The van der Waals surface area contributed by atoms with E-state index in [1.165, 1.54) is 6.07 Å². The highest BCUT2D eigenvalue weighted by Crippen LogP contribution is 2.24. The lowest BCUT2D eigenvalue weighted by Gasteiger charge is -2.20. The number of nitrogens with zero attached hydrogens (tertiary/aromatic N) is 1. The number of aliphatic hydroxyl groups is 2. The van der Waals surface area contributed by atoms with E-state index in [4.69, 9.17) is 31.4 Å². The minimum atomic E-state index is -1.97. The maximum Gasteiger partial charge on any atom is 0.534 e. The molecule has 0 spiro atoms. The van der Waals surface area contributed by atoms with Crippen LogP contribution in [0.15, 0.2) is 23.0 Å². The van der Waals surface area contributed by atoms with Crippen LogP contribution in [0.5, 0.6) is 0 Å². The van der Waals surface area contributed by atoms with Crippen LogP contribution in [0, 0.1) is 6.92 Å². The van der Waals surface area contributed by atoms with Crippen molar-refractivity contribution >= 4 is 34.3 Å². The van der Waals surface area contributed by atoms with Crippen LogP contribution < -0.4 is 15.7 Å². The first-order chi connectivity index (χ1) is 11.5. The summed E-state index contributed by atoms with van der Waals surface area (Å²) in [5.74, 6) is 0. The monoisotopic (exact) mass is 370 g/mol. The summed E-state index contributed by atoms with van der Waals surface area (Å²) in [7, 11) is 0. The van der Waals surface area contributed by atoms with Crippen LogP contribution >= 0.6 is 11.6 Å². The molecule has 2 aromatic rings. The molecule has 0 fully saturated rings. The predicted octanol–water partition coefficient (Wildman–Crippen LogP) is 2.01. The summed E-state index contributed by atoms with van der Waals surface area (Å²) in [5.41, 5.74) is -0.909. The summed E-state index contributed by atoms with van der Waals surface area (Å²) in [6.07, 6.45) is -3.05. The smallest absolute Gasteiger partial charge is 0.427 e. The van der Waals surface area contributed by atoms with Crippen molar-refractivity contribution in [2.45, 2.75) is 39.7 Å². The predicted molar refractivity (Wildman–Crippen MR) is 92.6 cm³/mol. The van der Waals surface area contributed by atoms with Crippen molar-refractivity contribution in [2.24, 2.45) is 0 Å². The van der Waals surface area contributed by atoms with Gasteiger partial charge in [0, 0.05) is 10.4 Å². The first kappa shape index (κ1) is 19.0. The van der Waals surface area contributed by atoms with Crippen molar-refractivity contribution in [2.75, 3.05) is 5.32 Å². The molecule has 136 valence electrons. The third-order valence-electron chi connectivity index (χ3n) is 3.05. The van der Waals surface area contributed by atoms with E-state index in [0.29, 0.717) is 21.5 Å². The lowest BCUT2D eigenvalue weighted by atomic mass is 10.1. The Morgan fingerprint density at radius 3 is 2.48 bits per heavy atom. The summed E-state index contributed by atoms with van der Waals surface area (Å²) in [5, 5.41) is 21.2. The number of aryl methyl sites for hydroxylation is 1. The number of fused-ring (bicyclic) bond motifs is 1. The van der Waals surface area contributed by atoms with Gasteiger partial charge in [-0.15, -0.1) is 4.73 Å². The zero-order valence-electron chi connectivity index (χ0n) is 14.2. The fraction of sp³-hybridized carbons (Fsp3) is 0.375. The molecule has 0 radical (unpaired) electrons. The Morgan fingerprint density at radius 2 is 1.92 bits per heavy atom. The summed E-state index contributed by atoms with van der Waals surface area (Å²) >= 11 is 6.03. The number of benzene rings is 1. The molecule has 0 unspecified atom stereocenters. The molecule has 1 aromatic carbocycles. The number of anilines is 1. The van der Waals surface area contributed by atoms with Crippen molar-refractivity contribution < 1.29 is 24.6 Å². The van der Waals surface area contributed by atoms with Gasteiger partial charge < -0.3 is 20.3 Å². The van der Waals surface area contributed by atoms with Gasteiger partial charge in [0.1, 0.15) is 11.3 Å². The second-order valence-electron chi connectivity index (χ2n) is 6.39. The summed E-state index contributed by atoms with van der Waals surface area (Å²) < 4.78 is 5.80. The van der Waals surface area contributed by atoms with Crippen molar-refractivity contribution in [3.8, 4) is 0 Å². The maximum atomic E-state index is 12.6. The molecule has 0 saturated heterocycles. The van der Waals surface area contributed by atoms with Gasteiger partial charge in [-0.05, 0) is 51.5 Å². The van der Waals surface area contributed by atoms with Crippen LogP contribution in [-0.4, -0.2) is 33.1 Å². The molecule has 9 heteroatoms. The molecule has 0 atom stereocenters. The molecular formula is C16H19ClN2O6. The van der Waals surface area contributed by atoms with Gasteiger partial charge >= 0.3 is 11.7 Å². The highest BCUT2D eigenvalue weighted by molar-refractivity contribution is 6.31. The number of aromatic nitrogens is 1. The molecule has 1 aromatic heterocycles. The quantitative estimate of drug-likeness (QED) is 0.560. The topological polar surface area (TPSA) is 110 Å². The Kier molecular flexibility index (Phi) is 5.26. The molecule has 2 rings (SSSR count). The van der Waals surface area contributed by atoms with Crippen molar-refractivity contribution in [1.29, 1.82) is 0 Å². The van der Waals surface area contributed by atoms with Crippen LogP contribution in [0.4, 0.5) is 10.5 Å². The van der Waals surface area contributed by atoms with Gasteiger partial charge in [0.2, 0.25) is 6.41 Å². The van der Waals surface area contributed by atoms with E-state index in [1.54, 1.807) is 39.8 Å². The standard InChI is InChI=1S/C16H19ClN2O6/c1-8-5-10(17)6-9-7-11(18-14(21)22)13(20)19(12(8)9)25-15(23)24-16(2,3)4/h5-7,14,18,21-22H,1-4H3. The van der Waals surface area contributed by atoms with E-state index in [-0.39, 0.29) is 5.69 Å². The Hall–Kier alpha value is -2.29. The number of hydrogen-bond acceptors (Lipinski definition) is 7. The number of ether oxygens (including phenoxy) is 1. The Bertz CT molecular complexity index is 870. The molecular weight excluding hydrogens is 352 g/mol. The second kappa shape index (κ2) is 6.91. The van der Waals surface area contributed by atoms with Crippen LogP contribution in [0.2, 0.25) is 5.02 Å². The average molecular weight is 371 g/mol. The highest BCUT2D eigenvalue weighted by Gasteiger charge is 2.22. The Balaban J connectivity index is 2.64. The molecule has 0 aliphatic rings. The summed E-state index contributed by atoms with van der Waals surface area (Å²) in [4.78, 5) is 29.6. The number of hydrogen-bond donors (Lipinski definition) is 3. The third-order valence-corrected chi connectivity index (χ3v) is 3.27. The van der Waals surface area contributed by atoms with Gasteiger partial charge in [0.15, 0.2) is 0 Å². The van der Waals surface area contributed by atoms with E-state index < -0.39 is 23.7 Å². The number of aliphatic hydroxyl groups excluding tert-OH is 1. The number of halogens is 1. The van der Waals surface area contributed by atoms with Crippen LogP contribution in [-0.2, 0) is 4.74 Å². The van der Waals surface area contributed by atoms with E-state index >= 15 is 0 Å². The fourth-order valence-corrected chi connectivity index (χ4v) is 2.53. The number of pyridine rings is 1. The maximum absolute atomic E-state index is 12.6. The highest BCUT2D eigenvalue weighted by atomic mass is 35.5. The van der Waals surface area contributed by atoms with Crippen molar-refractivity contribution in [1.82, 2.24) is 4.73 Å². The minimum absolute atomic E-state index is 0.187. The van der Waals surface area contributed by atoms with E-state index in [9.17, 15) is 9.59 Å². The Labute approximate surface area is 148 Å². The number of rotatable bonds is 3. The van der Waals surface area contributed by atoms with E-state index in [1.807, 2.05) is 0 Å². The SMILES string of the molecule is Cc1cc(Cl)cc2cc(NC(O)O)c(=O)n(OC(=O)OC(C)(C)C)c12. The summed E-state index contributed by atoms with van der Waals surface area (Å²) in [6.45, 7) is 6.65. The number of carbonyl (C=O) groups excluding carboxylic acids is 1. The Morgan fingerprint density at radius 1 is 1.28 bits per heavy atom. The van der Waals surface area contributed by atoms with Crippen LogP contribution in [0.1, 0.15) is 26.3 Å². The lowest BCUT2D eigenvalue weighted by molar-refractivity contribution is -0.0153. The van der Waals surface area contributed by atoms with Gasteiger partial charge in [-0.1, -0.05) is 11.6 Å². The molecule has 3 N–H and O–H groups in total. The molecule has 1 heterocycles. The van der Waals surface area contributed by atoms with Crippen molar-refractivity contribution in [3.05, 3.63) is 39.1 Å². The molecule has 0 aliphatic carbocycles. The number of nitrogens with one attached hydrogen (secondary N) is 1. The largest absolute Gasteiger partial charge is 0.534 e. The fourth-order valence-electron chi connectivity index (χ4n) is 2.25. The number of carbonyl (C=O) groups is 1. The van der Waals surface area contributed by atoms with Gasteiger partial charge in [-0.3, -0.25) is 9.63 Å². The molecule has 0 bridgehead atoms. The zero-order chi connectivity index (χ0) is 18.9. The van der Waals surface area contributed by atoms with Crippen LogP contribution in [0.3, 0.4) is 0 Å². The molecule has 8 nitrogen and oxygen atoms in total. The van der Waals surface area contributed by atoms with Gasteiger partial charge in [0.05, 0.1) is 5.52 Å². The normalized spacial score (nSPS) is 11.7. The average Bonchev–Trinajstić information content (AvgIpc) is 2.40. The third kappa shape index (κ3) is 4.62. The summed E-state index contributed by atoms with van der Waals surface area (Å²) in [6, 6.07) is 4.53. The zero-order valence-corrected chi connectivity index (χ0v) is 14.9. The first-order valence-corrected chi connectivity index (χ1v) is 7.75. The van der Waals surface area contributed by atoms with E-state index in [2.05, 4.69) is 5.32 Å². The van der Waals surface area contributed by atoms with Crippen LogP contribution in [0.25, 0.3) is 10.9 Å². The second-order valence-corrected chi connectivity index (χ2v) is 6.83. The molecule has 0 saturated carbocycles.